The summed E-state index contributed by atoms with van der Waals surface area (Å²) in [4.78, 5) is 23.7. The van der Waals surface area contributed by atoms with Crippen LogP contribution >= 0.6 is 0 Å². The second kappa shape index (κ2) is 6.89. The van der Waals surface area contributed by atoms with Crippen LogP contribution in [0.25, 0.3) is 0 Å². The summed E-state index contributed by atoms with van der Waals surface area (Å²) in [5, 5.41) is 12.0. The summed E-state index contributed by atoms with van der Waals surface area (Å²) in [5.74, 6) is -1.38. The van der Waals surface area contributed by atoms with E-state index >= 15 is 0 Å². The van der Waals surface area contributed by atoms with Crippen molar-refractivity contribution in [2.45, 2.75) is 26.2 Å². The summed E-state index contributed by atoms with van der Waals surface area (Å²) in [6, 6.07) is 14.5. The number of carbonyl (C=O) groups is 2. The van der Waals surface area contributed by atoms with Crippen molar-refractivity contribution in [1.82, 2.24) is 0 Å². The molecule has 4 heteroatoms. The minimum absolute atomic E-state index is 0.126. The lowest BCUT2D eigenvalue weighted by Crippen LogP contribution is -2.21. The van der Waals surface area contributed by atoms with Crippen LogP contribution in [0.3, 0.4) is 0 Å². The monoisotopic (exact) mass is 297 g/mol. The lowest BCUT2D eigenvalue weighted by Gasteiger charge is -2.17. The number of benzene rings is 2. The van der Waals surface area contributed by atoms with Gasteiger partial charge in [0.2, 0.25) is 5.91 Å². The van der Waals surface area contributed by atoms with Gasteiger partial charge in [-0.15, -0.1) is 0 Å². The highest BCUT2D eigenvalue weighted by Gasteiger charge is 2.20. The van der Waals surface area contributed by atoms with Crippen molar-refractivity contribution in [2.75, 3.05) is 5.32 Å². The molecule has 4 nitrogen and oxygen atoms in total. The van der Waals surface area contributed by atoms with E-state index in [1.165, 1.54) is 6.07 Å². The van der Waals surface area contributed by atoms with E-state index in [0.29, 0.717) is 17.7 Å². The molecule has 0 fully saturated rings. The topological polar surface area (TPSA) is 66.4 Å². The van der Waals surface area contributed by atoms with Gasteiger partial charge in [-0.25, -0.2) is 4.79 Å². The first-order valence-electron chi connectivity index (χ1n) is 7.23. The lowest BCUT2D eigenvalue weighted by molar-refractivity contribution is -0.117. The predicted octanol–water partition coefficient (Wildman–Crippen LogP) is 3.83. The maximum absolute atomic E-state index is 12.5. The Balaban J connectivity index is 2.25. The third-order valence-corrected chi connectivity index (χ3v) is 3.75. The van der Waals surface area contributed by atoms with E-state index in [2.05, 4.69) is 5.32 Å². The van der Waals surface area contributed by atoms with Crippen LogP contribution in [0.15, 0.2) is 48.5 Å². The van der Waals surface area contributed by atoms with Gasteiger partial charge in [-0.05, 0) is 36.6 Å². The van der Waals surface area contributed by atoms with E-state index in [9.17, 15) is 9.59 Å². The Labute approximate surface area is 129 Å². The van der Waals surface area contributed by atoms with E-state index in [-0.39, 0.29) is 17.4 Å². The number of amides is 1. The normalized spacial score (nSPS) is 11.7. The van der Waals surface area contributed by atoms with E-state index in [1.807, 2.05) is 37.3 Å². The zero-order valence-corrected chi connectivity index (χ0v) is 12.7. The average Bonchev–Trinajstić information content (AvgIpc) is 2.51. The fourth-order valence-corrected chi connectivity index (χ4v) is 2.48. The molecular formula is C18H19NO3. The lowest BCUT2D eigenvalue weighted by atomic mass is 9.95. The minimum Gasteiger partial charge on any atom is -0.478 e. The number of nitrogens with one attached hydrogen (secondary N) is 1. The van der Waals surface area contributed by atoms with Gasteiger partial charge >= 0.3 is 5.97 Å². The Morgan fingerprint density at radius 3 is 2.36 bits per heavy atom. The van der Waals surface area contributed by atoms with Gasteiger partial charge in [0.25, 0.3) is 0 Å². The van der Waals surface area contributed by atoms with Gasteiger partial charge in [0.15, 0.2) is 0 Å². The molecular weight excluding hydrogens is 278 g/mol. The van der Waals surface area contributed by atoms with E-state index in [1.54, 1.807) is 19.1 Å². The number of carboxylic acids is 1. The molecule has 0 unspecified atom stereocenters. The number of hydrogen-bond donors (Lipinski definition) is 2. The number of aromatic carboxylic acids is 1. The number of hydrogen-bond acceptors (Lipinski definition) is 2. The van der Waals surface area contributed by atoms with E-state index in [0.717, 1.165) is 5.56 Å². The Morgan fingerprint density at radius 2 is 1.77 bits per heavy atom. The van der Waals surface area contributed by atoms with Crippen molar-refractivity contribution in [2.24, 2.45) is 0 Å². The van der Waals surface area contributed by atoms with Gasteiger partial charge in [0.1, 0.15) is 0 Å². The van der Waals surface area contributed by atoms with Gasteiger partial charge < -0.3 is 10.4 Å². The number of carboxylic acid groups (broad SMARTS) is 1. The second-order valence-corrected chi connectivity index (χ2v) is 5.14. The first-order valence-corrected chi connectivity index (χ1v) is 7.23. The summed E-state index contributed by atoms with van der Waals surface area (Å²) in [6.45, 7) is 3.65. The van der Waals surface area contributed by atoms with Gasteiger partial charge in [-0.2, -0.15) is 0 Å². The van der Waals surface area contributed by atoms with Crippen molar-refractivity contribution in [3.63, 3.8) is 0 Å². The summed E-state index contributed by atoms with van der Waals surface area (Å²) in [6.07, 6.45) is 0.674. The molecule has 0 saturated heterocycles. The predicted molar refractivity (Wildman–Crippen MR) is 86.2 cm³/mol. The van der Waals surface area contributed by atoms with Gasteiger partial charge in [0, 0.05) is 5.69 Å². The summed E-state index contributed by atoms with van der Waals surface area (Å²) in [7, 11) is 0. The standard InChI is InChI=1S/C18H19NO3/c1-3-14(13-8-5-4-6-9-13)17(20)19-16-11-7-10-15(12(16)2)18(21)22/h4-11,14H,3H2,1-2H3,(H,19,20)(H,21,22)/t14-/m1/s1. The summed E-state index contributed by atoms with van der Waals surface area (Å²) >= 11 is 0. The molecule has 0 bridgehead atoms. The zero-order chi connectivity index (χ0) is 16.1. The molecule has 0 saturated carbocycles. The third-order valence-electron chi connectivity index (χ3n) is 3.75. The Hall–Kier alpha value is -2.62. The minimum atomic E-state index is -0.997. The van der Waals surface area contributed by atoms with Crippen molar-refractivity contribution in [1.29, 1.82) is 0 Å². The van der Waals surface area contributed by atoms with Gasteiger partial charge in [-0.3, -0.25) is 4.79 Å². The smallest absolute Gasteiger partial charge is 0.336 e. The van der Waals surface area contributed by atoms with Crippen LogP contribution in [0.4, 0.5) is 5.69 Å². The highest BCUT2D eigenvalue weighted by Crippen LogP contribution is 2.24. The van der Waals surface area contributed by atoms with E-state index < -0.39 is 5.97 Å². The molecule has 0 aliphatic heterocycles. The molecule has 2 aromatic rings. The Bertz CT molecular complexity index is 680. The number of rotatable bonds is 5. The fourth-order valence-electron chi connectivity index (χ4n) is 2.48. The molecule has 0 aliphatic carbocycles. The van der Waals surface area contributed by atoms with Crippen LogP contribution in [0.1, 0.15) is 40.7 Å². The zero-order valence-electron chi connectivity index (χ0n) is 12.7. The molecule has 0 heterocycles. The molecule has 22 heavy (non-hydrogen) atoms. The average molecular weight is 297 g/mol. The quantitative estimate of drug-likeness (QED) is 0.881. The van der Waals surface area contributed by atoms with Crippen LogP contribution in [-0.2, 0) is 4.79 Å². The van der Waals surface area contributed by atoms with E-state index in [4.69, 9.17) is 5.11 Å². The van der Waals surface area contributed by atoms with Crippen LogP contribution in [-0.4, -0.2) is 17.0 Å². The number of carbonyl (C=O) groups excluding carboxylic acids is 1. The van der Waals surface area contributed by atoms with Crippen molar-refractivity contribution in [3.8, 4) is 0 Å². The fraction of sp³-hybridized carbons (Fsp3) is 0.222. The largest absolute Gasteiger partial charge is 0.478 e. The Kier molecular flexibility index (Phi) is 4.94. The molecule has 0 spiro atoms. The maximum atomic E-state index is 12.5. The van der Waals surface area contributed by atoms with Crippen molar-refractivity contribution < 1.29 is 14.7 Å². The summed E-state index contributed by atoms with van der Waals surface area (Å²) < 4.78 is 0. The molecule has 2 rings (SSSR count). The molecule has 2 aromatic carbocycles. The second-order valence-electron chi connectivity index (χ2n) is 5.14. The first kappa shape index (κ1) is 15.8. The molecule has 0 aliphatic rings. The number of anilines is 1. The molecule has 114 valence electrons. The van der Waals surface area contributed by atoms with Crippen LogP contribution in [0, 0.1) is 6.92 Å². The molecule has 2 N–H and O–H groups in total. The van der Waals surface area contributed by atoms with Crippen LogP contribution < -0.4 is 5.32 Å². The molecule has 1 atom stereocenters. The first-order chi connectivity index (χ1) is 10.5. The van der Waals surface area contributed by atoms with Gasteiger partial charge in [0.05, 0.1) is 11.5 Å². The molecule has 0 radical (unpaired) electrons. The maximum Gasteiger partial charge on any atom is 0.336 e. The SMILES string of the molecule is CC[C@@H](C(=O)Nc1cccc(C(=O)O)c1C)c1ccccc1. The molecule has 0 aromatic heterocycles. The highest BCUT2D eigenvalue weighted by atomic mass is 16.4. The Morgan fingerprint density at radius 1 is 1.09 bits per heavy atom. The molecule has 1 amide bonds. The van der Waals surface area contributed by atoms with Crippen molar-refractivity contribution >= 4 is 17.6 Å². The third kappa shape index (κ3) is 3.34. The van der Waals surface area contributed by atoms with Gasteiger partial charge in [-0.1, -0.05) is 43.3 Å². The van der Waals surface area contributed by atoms with Crippen LogP contribution in [0.2, 0.25) is 0 Å². The summed E-state index contributed by atoms with van der Waals surface area (Å²) in [5.41, 5.74) is 2.26. The van der Waals surface area contributed by atoms with Crippen LogP contribution in [0.5, 0.6) is 0 Å². The van der Waals surface area contributed by atoms with Crippen molar-refractivity contribution in [3.05, 3.63) is 65.2 Å². The highest BCUT2D eigenvalue weighted by molar-refractivity contribution is 5.98.